The number of nitrogens with zero attached hydrogens (tertiary/aromatic N) is 3. The quantitative estimate of drug-likeness (QED) is 0.844. The highest BCUT2D eigenvalue weighted by Crippen LogP contribution is 2.09. The van der Waals surface area contributed by atoms with Gasteiger partial charge in [-0.2, -0.15) is 5.26 Å². The van der Waals surface area contributed by atoms with E-state index in [4.69, 9.17) is 10.00 Å². The fraction of sp³-hybridized carbons (Fsp3) is 0.455. The molecule has 1 N–H and O–H groups in total. The van der Waals surface area contributed by atoms with E-state index in [1.54, 1.807) is 20.8 Å². The molecular formula is C11H14N4O2. The molecule has 0 saturated heterocycles. The summed E-state index contributed by atoms with van der Waals surface area (Å²) in [6.07, 6.45) is 0.995. The number of carbonyl (C=O) groups excluding carboxylic acids is 1. The molecule has 17 heavy (non-hydrogen) atoms. The Bertz CT molecular complexity index is 446. The van der Waals surface area contributed by atoms with E-state index in [9.17, 15) is 4.79 Å². The molecule has 0 aliphatic carbocycles. The van der Waals surface area contributed by atoms with Crippen LogP contribution >= 0.6 is 0 Å². The van der Waals surface area contributed by atoms with Crippen molar-refractivity contribution < 1.29 is 9.53 Å². The Morgan fingerprint density at radius 2 is 2.29 bits per heavy atom. The Morgan fingerprint density at radius 3 is 2.88 bits per heavy atom. The van der Waals surface area contributed by atoms with E-state index in [1.807, 2.05) is 6.07 Å². The number of rotatable bonds is 2. The molecule has 1 aromatic heterocycles. The van der Waals surface area contributed by atoms with Gasteiger partial charge in [0.25, 0.3) is 0 Å². The number of nitriles is 1. The molecule has 0 radical (unpaired) electrons. The van der Waals surface area contributed by atoms with Crippen LogP contribution in [-0.4, -0.2) is 21.7 Å². The van der Waals surface area contributed by atoms with Crippen molar-refractivity contribution in [1.29, 1.82) is 5.26 Å². The summed E-state index contributed by atoms with van der Waals surface area (Å²) in [5.74, 6) is 0.681. The molecule has 0 aromatic carbocycles. The molecule has 6 nitrogen and oxygen atoms in total. The summed E-state index contributed by atoms with van der Waals surface area (Å²) in [4.78, 5) is 19.3. The molecule has 1 aromatic rings. The number of ether oxygens (including phenoxy) is 1. The SMILES string of the molecule is CC(C)(C)OC(=O)Nc1ccnc(CC#N)n1. The number of nitrogens with one attached hydrogen (secondary N) is 1. The third-order valence-electron chi connectivity index (χ3n) is 1.57. The van der Waals surface area contributed by atoms with Crippen molar-refractivity contribution in [2.24, 2.45) is 0 Å². The van der Waals surface area contributed by atoms with Crippen molar-refractivity contribution in [2.75, 3.05) is 5.32 Å². The number of carbonyl (C=O) groups is 1. The van der Waals surface area contributed by atoms with E-state index in [2.05, 4.69) is 15.3 Å². The second-order valence-corrected chi connectivity index (χ2v) is 4.32. The minimum absolute atomic E-state index is 0.101. The van der Waals surface area contributed by atoms with Crippen LogP contribution in [0.15, 0.2) is 12.3 Å². The van der Waals surface area contributed by atoms with Gasteiger partial charge in [0, 0.05) is 6.20 Å². The van der Waals surface area contributed by atoms with E-state index >= 15 is 0 Å². The highest BCUT2D eigenvalue weighted by molar-refractivity contribution is 5.83. The maximum Gasteiger partial charge on any atom is 0.413 e. The first-order valence-electron chi connectivity index (χ1n) is 5.09. The zero-order chi connectivity index (χ0) is 12.9. The van der Waals surface area contributed by atoms with Crippen LogP contribution in [0.3, 0.4) is 0 Å². The average molecular weight is 234 g/mol. The average Bonchev–Trinajstić information content (AvgIpc) is 2.15. The van der Waals surface area contributed by atoms with E-state index in [1.165, 1.54) is 12.3 Å². The second-order valence-electron chi connectivity index (χ2n) is 4.32. The maximum atomic E-state index is 11.4. The van der Waals surface area contributed by atoms with Gasteiger partial charge in [-0.15, -0.1) is 0 Å². The Morgan fingerprint density at radius 1 is 1.59 bits per heavy atom. The van der Waals surface area contributed by atoms with Crippen LogP contribution in [-0.2, 0) is 11.2 Å². The molecule has 0 spiro atoms. The summed E-state index contributed by atoms with van der Waals surface area (Å²) >= 11 is 0. The zero-order valence-corrected chi connectivity index (χ0v) is 10.0. The van der Waals surface area contributed by atoms with Crippen molar-refractivity contribution in [1.82, 2.24) is 9.97 Å². The molecule has 1 heterocycles. The second kappa shape index (κ2) is 5.25. The standard InChI is InChI=1S/C11H14N4O2/c1-11(2,3)17-10(16)15-9-5-7-13-8(14-9)4-6-12/h5,7H,4H2,1-3H3,(H,13,14,15,16). The minimum atomic E-state index is -0.584. The van der Waals surface area contributed by atoms with Crippen molar-refractivity contribution in [3.05, 3.63) is 18.1 Å². The van der Waals surface area contributed by atoms with E-state index in [0.717, 1.165) is 0 Å². The lowest BCUT2D eigenvalue weighted by Gasteiger charge is -2.19. The molecule has 0 aliphatic rings. The van der Waals surface area contributed by atoms with Gasteiger partial charge in [0.15, 0.2) is 0 Å². The Labute approximate surface area is 99.6 Å². The molecular weight excluding hydrogens is 220 g/mol. The highest BCUT2D eigenvalue weighted by Gasteiger charge is 2.16. The van der Waals surface area contributed by atoms with Crippen LogP contribution in [0, 0.1) is 11.3 Å². The number of anilines is 1. The largest absolute Gasteiger partial charge is 0.444 e. The fourth-order valence-corrected chi connectivity index (χ4v) is 1.03. The molecule has 0 unspecified atom stereocenters. The van der Waals surface area contributed by atoms with Crippen LogP contribution in [0.1, 0.15) is 26.6 Å². The molecule has 90 valence electrons. The highest BCUT2D eigenvalue weighted by atomic mass is 16.6. The molecule has 0 bridgehead atoms. The van der Waals surface area contributed by atoms with Crippen LogP contribution < -0.4 is 5.32 Å². The first-order valence-corrected chi connectivity index (χ1v) is 5.09. The van der Waals surface area contributed by atoms with Gasteiger partial charge >= 0.3 is 6.09 Å². The monoisotopic (exact) mass is 234 g/mol. The molecule has 6 heteroatoms. The minimum Gasteiger partial charge on any atom is -0.444 e. The normalized spacial score (nSPS) is 10.5. The van der Waals surface area contributed by atoms with Gasteiger partial charge in [0.2, 0.25) is 0 Å². The summed E-state index contributed by atoms with van der Waals surface area (Å²) in [7, 11) is 0. The molecule has 0 aliphatic heterocycles. The first kappa shape index (κ1) is 12.9. The fourth-order valence-electron chi connectivity index (χ4n) is 1.03. The predicted molar refractivity (Wildman–Crippen MR) is 61.2 cm³/mol. The van der Waals surface area contributed by atoms with Crippen LogP contribution in [0.5, 0.6) is 0 Å². The number of aromatic nitrogens is 2. The van der Waals surface area contributed by atoms with Gasteiger partial charge in [-0.25, -0.2) is 14.8 Å². The lowest BCUT2D eigenvalue weighted by Crippen LogP contribution is -2.27. The Balaban J connectivity index is 2.66. The molecule has 0 fully saturated rings. The van der Waals surface area contributed by atoms with Gasteiger partial charge in [0.05, 0.1) is 12.5 Å². The molecule has 1 rings (SSSR count). The smallest absolute Gasteiger partial charge is 0.413 e. The molecule has 0 saturated carbocycles. The van der Waals surface area contributed by atoms with Crippen molar-refractivity contribution in [3.63, 3.8) is 0 Å². The number of hydrogen-bond donors (Lipinski definition) is 1. The van der Waals surface area contributed by atoms with Crippen LogP contribution in [0.4, 0.5) is 10.6 Å². The van der Waals surface area contributed by atoms with E-state index in [0.29, 0.717) is 11.6 Å². The summed E-state index contributed by atoms with van der Waals surface area (Å²) in [6, 6.07) is 3.47. The lowest BCUT2D eigenvalue weighted by atomic mass is 10.2. The maximum absolute atomic E-state index is 11.4. The summed E-state index contributed by atoms with van der Waals surface area (Å²) in [6.45, 7) is 5.31. The molecule has 1 amide bonds. The van der Waals surface area contributed by atoms with Crippen LogP contribution in [0.25, 0.3) is 0 Å². The predicted octanol–water partition coefficient (Wildman–Crippen LogP) is 1.89. The van der Waals surface area contributed by atoms with Crippen molar-refractivity contribution in [2.45, 2.75) is 32.8 Å². The Hall–Kier alpha value is -2.16. The van der Waals surface area contributed by atoms with Gasteiger partial charge in [-0.3, -0.25) is 5.32 Å². The summed E-state index contributed by atoms with van der Waals surface area (Å²) < 4.78 is 5.07. The third-order valence-corrected chi connectivity index (χ3v) is 1.57. The van der Waals surface area contributed by atoms with E-state index in [-0.39, 0.29) is 6.42 Å². The van der Waals surface area contributed by atoms with Crippen LogP contribution in [0.2, 0.25) is 0 Å². The topological polar surface area (TPSA) is 87.9 Å². The molecule has 0 atom stereocenters. The number of amides is 1. The Kier molecular flexibility index (Phi) is 3.99. The number of hydrogen-bond acceptors (Lipinski definition) is 5. The van der Waals surface area contributed by atoms with Crippen molar-refractivity contribution in [3.8, 4) is 6.07 Å². The third kappa shape index (κ3) is 4.93. The zero-order valence-electron chi connectivity index (χ0n) is 10.0. The van der Waals surface area contributed by atoms with Gasteiger partial charge in [0.1, 0.15) is 17.2 Å². The summed E-state index contributed by atoms with van der Waals surface area (Å²) in [5, 5.41) is 11.0. The lowest BCUT2D eigenvalue weighted by molar-refractivity contribution is 0.0635. The summed E-state index contributed by atoms with van der Waals surface area (Å²) in [5.41, 5.74) is -0.563. The van der Waals surface area contributed by atoms with Crippen molar-refractivity contribution >= 4 is 11.9 Å². The van der Waals surface area contributed by atoms with Gasteiger partial charge in [-0.05, 0) is 26.8 Å². The van der Waals surface area contributed by atoms with Gasteiger partial charge in [-0.1, -0.05) is 0 Å². The first-order chi connectivity index (χ1) is 7.90. The van der Waals surface area contributed by atoms with E-state index < -0.39 is 11.7 Å². The van der Waals surface area contributed by atoms with Gasteiger partial charge < -0.3 is 4.74 Å².